The number of nitrogens with two attached hydrogens (primary N) is 1. The molecule has 3 aromatic rings. The first-order valence-electron chi connectivity index (χ1n) is 11.7. The first-order chi connectivity index (χ1) is 17.4. The van der Waals surface area contributed by atoms with Gasteiger partial charge in [0.15, 0.2) is 0 Å². The van der Waals surface area contributed by atoms with Crippen molar-refractivity contribution in [2.45, 2.75) is 13.0 Å². The molecule has 10 nitrogen and oxygen atoms in total. The highest BCUT2D eigenvalue weighted by molar-refractivity contribution is 5.91. The summed E-state index contributed by atoms with van der Waals surface area (Å²) in [6.45, 7) is 4.83. The van der Waals surface area contributed by atoms with E-state index in [0.29, 0.717) is 16.8 Å². The first-order valence-corrected chi connectivity index (χ1v) is 11.7. The van der Waals surface area contributed by atoms with E-state index in [1.54, 1.807) is 43.7 Å². The third kappa shape index (κ3) is 4.64. The van der Waals surface area contributed by atoms with Crippen molar-refractivity contribution in [2.24, 2.45) is 11.7 Å². The zero-order valence-electron chi connectivity index (χ0n) is 19.7. The zero-order valence-corrected chi connectivity index (χ0v) is 19.7. The first kappa shape index (κ1) is 23.5. The molecule has 2 aliphatic heterocycles. The second kappa shape index (κ2) is 9.76. The van der Waals surface area contributed by atoms with E-state index in [-0.39, 0.29) is 6.54 Å². The fourth-order valence-electron chi connectivity index (χ4n) is 4.37. The van der Waals surface area contributed by atoms with Gasteiger partial charge in [-0.05, 0) is 43.3 Å². The van der Waals surface area contributed by atoms with Gasteiger partial charge in [-0.1, -0.05) is 0 Å². The minimum absolute atomic E-state index is 0.127. The molecule has 0 spiro atoms. The van der Waals surface area contributed by atoms with Crippen LogP contribution in [0.5, 0.6) is 0 Å². The molecule has 4 heterocycles. The summed E-state index contributed by atoms with van der Waals surface area (Å²) in [6.07, 6.45) is 3.81. The van der Waals surface area contributed by atoms with Gasteiger partial charge in [0.2, 0.25) is 11.9 Å². The van der Waals surface area contributed by atoms with Crippen LogP contribution in [0.25, 0.3) is 11.1 Å². The Morgan fingerprint density at radius 2 is 1.81 bits per heavy atom. The molecule has 2 fully saturated rings. The molecule has 2 unspecified atom stereocenters. The lowest BCUT2D eigenvalue weighted by atomic mass is 10.0. The molecule has 5 rings (SSSR count). The number of piperazine rings is 1. The molecule has 2 atom stereocenters. The minimum atomic E-state index is -0.670. The predicted octanol–water partition coefficient (Wildman–Crippen LogP) is 2.45. The average Bonchev–Trinajstić information content (AvgIpc) is 3.30. The quantitative estimate of drug-likeness (QED) is 0.559. The molecule has 2 amide bonds. The molecule has 0 radical (unpaired) electrons. The molecule has 1 aromatic carbocycles. The Balaban J connectivity index is 1.25. The van der Waals surface area contributed by atoms with E-state index in [2.05, 4.69) is 24.8 Å². The number of hydrogen-bond donors (Lipinski definition) is 1. The molecule has 2 saturated heterocycles. The van der Waals surface area contributed by atoms with Crippen molar-refractivity contribution in [3.63, 3.8) is 0 Å². The summed E-state index contributed by atoms with van der Waals surface area (Å²) < 4.78 is 20.3. The molecule has 11 heteroatoms. The van der Waals surface area contributed by atoms with Gasteiger partial charge in [0.25, 0.3) is 0 Å². The van der Waals surface area contributed by atoms with Gasteiger partial charge in [-0.25, -0.2) is 24.1 Å². The molecular formula is C25H26FN7O3. The molecule has 0 saturated carbocycles. The third-order valence-electron chi connectivity index (χ3n) is 6.60. The number of carbonyl (C=O) groups excluding carboxylic acids is 2. The fraction of sp³-hybridized carbons (Fsp3) is 0.320. The van der Waals surface area contributed by atoms with Gasteiger partial charge in [-0.15, -0.1) is 0 Å². The molecule has 2 aliphatic rings. The van der Waals surface area contributed by atoms with Crippen LogP contribution in [0.3, 0.4) is 0 Å². The van der Waals surface area contributed by atoms with Crippen molar-refractivity contribution in [3.8, 4) is 11.1 Å². The number of anilines is 3. The van der Waals surface area contributed by atoms with Gasteiger partial charge in [-0.3, -0.25) is 9.69 Å². The van der Waals surface area contributed by atoms with Crippen molar-refractivity contribution in [3.05, 3.63) is 60.8 Å². The van der Waals surface area contributed by atoms with Crippen LogP contribution >= 0.6 is 0 Å². The van der Waals surface area contributed by atoms with Crippen LogP contribution in [-0.2, 0) is 9.53 Å². The Bertz CT molecular complexity index is 1250. The number of halogens is 1. The minimum Gasteiger partial charge on any atom is -0.443 e. The molecule has 2 N–H and O–H groups in total. The van der Waals surface area contributed by atoms with Crippen LogP contribution in [0.4, 0.5) is 26.6 Å². The molecule has 36 heavy (non-hydrogen) atoms. The standard InChI is InChI=1S/C25H26FN7O3/c1-16(23(27)34)21-15-33(25(35)36-21)18-4-5-19(20(26)13-18)17-3-6-22(30-14-17)31-9-11-32(12-10-31)24-28-7-2-8-29-24/h2-8,13-14,16,21H,9-12,15H2,1H3,(H2,27,34). The SMILES string of the molecule is CC(C(N)=O)C1CN(c2ccc(-c3ccc(N4CCN(c5ncccn5)CC4)nc3)c(F)c2)C(=O)O1. The number of carbonyl (C=O) groups is 2. The number of ether oxygens (including phenoxy) is 1. The second-order valence-corrected chi connectivity index (χ2v) is 8.82. The Morgan fingerprint density at radius 1 is 1.08 bits per heavy atom. The number of primary amides is 1. The molecule has 0 aliphatic carbocycles. The lowest BCUT2D eigenvalue weighted by Crippen LogP contribution is -2.47. The maximum atomic E-state index is 15.1. The van der Waals surface area contributed by atoms with E-state index in [1.165, 1.54) is 11.0 Å². The van der Waals surface area contributed by atoms with E-state index in [9.17, 15) is 9.59 Å². The van der Waals surface area contributed by atoms with Crippen LogP contribution in [0, 0.1) is 11.7 Å². The summed E-state index contributed by atoms with van der Waals surface area (Å²) in [5, 5.41) is 0. The van der Waals surface area contributed by atoms with Crippen molar-refractivity contribution in [1.82, 2.24) is 15.0 Å². The smallest absolute Gasteiger partial charge is 0.414 e. The van der Waals surface area contributed by atoms with Gasteiger partial charge >= 0.3 is 6.09 Å². The molecule has 0 bridgehead atoms. The molecule has 2 aromatic heterocycles. The Morgan fingerprint density at radius 3 is 2.44 bits per heavy atom. The number of pyridine rings is 1. The van der Waals surface area contributed by atoms with Crippen LogP contribution in [0.2, 0.25) is 0 Å². The Kier molecular flexibility index (Phi) is 6.36. The summed E-state index contributed by atoms with van der Waals surface area (Å²) >= 11 is 0. The summed E-state index contributed by atoms with van der Waals surface area (Å²) in [4.78, 5) is 42.5. The summed E-state index contributed by atoms with van der Waals surface area (Å²) in [5.74, 6) is -0.141. The van der Waals surface area contributed by atoms with Crippen molar-refractivity contribution in [2.75, 3.05) is 47.4 Å². The average molecular weight is 492 g/mol. The maximum Gasteiger partial charge on any atom is 0.414 e. The highest BCUT2D eigenvalue weighted by atomic mass is 19.1. The van der Waals surface area contributed by atoms with E-state index < -0.39 is 29.8 Å². The highest BCUT2D eigenvalue weighted by Crippen LogP contribution is 2.30. The van der Waals surface area contributed by atoms with Gasteiger partial charge in [0, 0.05) is 55.9 Å². The van der Waals surface area contributed by atoms with Crippen molar-refractivity contribution < 1.29 is 18.7 Å². The number of cyclic esters (lactones) is 1. The van der Waals surface area contributed by atoms with Crippen molar-refractivity contribution >= 4 is 29.5 Å². The second-order valence-electron chi connectivity index (χ2n) is 8.82. The topological polar surface area (TPSA) is 118 Å². The normalized spacial score (nSPS) is 18.8. The molecule has 186 valence electrons. The van der Waals surface area contributed by atoms with Crippen LogP contribution in [0.1, 0.15) is 6.92 Å². The monoisotopic (exact) mass is 491 g/mol. The number of aromatic nitrogens is 3. The van der Waals surface area contributed by atoms with E-state index in [1.807, 2.05) is 12.1 Å². The highest BCUT2D eigenvalue weighted by Gasteiger charge is 2.38. The maximum absolute atomic E-state index is 15.1. The number of rotatable bonds is 6. The third-order valence-corrected chi connectivity index (χ3v) is 6.60. The summed E-state index contributed by atoms with van der Waals surface area (Å²) in [5.41, 5.74) is 6.67. The summed E-state index contributed by atoms with van der Waals surface area (Å²) in [6, 6.07) is 10.1. The number of amides is 2. The van der Waals surface area contributed by atoms with Gasteiger partial charge < -0.3 is 20.3 Å². The van der Waals surface area contributed by atoms with Crippen LogP contribution in [-0.4, -0.2) is 65.8 Å². The Labute approximate surface area is 207 Å². The van der Waals surface area contributed by atoms with E-state index in [4.69, 9.17) is 10.5 Å². The van der Waals surface area contributed by atoms with E-state index >= 15 is 4.39 Å². The lowest BCUT2D eigenvalue weighted by molar-refractivity contribution is -0.123. The van der Waals surface area contributed by atoms with Crippen molar-refractivity contribution in [1.29, 1.82) is 0 Å². The summed E-state index contributed by atoms with van der Waals surface area (Å²) in [7, 11) is 0. The predicted molar refractivity (Wildman–Crippen MR) is 132 cm³/mol. The van der Waals surface area contributed by atoms with Gasteiger partial charge in [0.05, 0.1) is 18.2 Å². The van der Waals surface area contributed by atoms with E-state index in [0.717, 1.165) is 37.9 Å². The van der Waals surface area contributed by atoms with Gasteiger partial charge in [-0.2, -0.15) is 0 Å². The number of nitrogens with zero attached hydrogens (tertiary/aromatic N) is 6. The molecular weight excluding hydrogens is 465 g/mol. The van der Waals surface area contributed by atoms with Gasteiger partial charge in [0.1, 0.15) is 17.7 Å². The number of benzene rings is 1. The fourth-order valence-corrected chi connectivity index (χ4v) is 4.37. The zero-order chi connectivity index (χ0) is 25.2. The van der Waals surface area contributed by atoms with Crippen LogP contribution in [0.15, 0.2) is 55.0 Å². The number of hydrogen-bond acceptors (Lipinski definition) is 8. The lowest BCUT2D eigenvalue weighted by Gasteiger charge is -2.35. The largest absolute Gasteiger partial charge is 0.443 e. The Hall–Kier alpha value is -4.28. The van der Waals surface area contributed by atoms with Crippen LogP contribution < -0.4 is 20.4 Å².